The molecule has 2 heterocycles. The summed E-state index contributed by atoms with van der Waals surface area (Å²) in [7, 11) is 0. The number of hydrogen-bond donors (Lipinski definition) is 1. The summed E-state index contributed by atoms with van der Waals surface area (Å²) >= 11 is 0. The lowest BCUT2D eigenvalue weighted by Crippen LogP contribution is -2.42. The smallest absolute Gasteiger partial charge is 0.351 e. The average molecular weight is 453 g/mol. The van der Waals surface area contributed by atoms with Crippen molar-refractivity contribution in [3.05, 3.63) is 22.7 Å². The van der Waals surface area contributed by atoms with Crippen LogP contribution in [0.4, 0.5) is 5.82 Å². The maximum absolute atomic E-state index is 12.4. The van der Waals surface area contributed by atoms with E-state index in [0.29, 0.717) is 19.3 Å². The van der Waals surface area contributed by atoms with E-state index in [4.69, 9.17) is 24.7 Å². The van der Waals surface area contributed by atoms with Gasteiger partial charge in [-0.05, 0) is 25.3 Å². The zero-order chi connectivity index (χ0) is 23.7. The van der Waals surface area contributed by atoms with E-state index in [2.05, 4.69) is 4.98 Å². The minimum Gasteiger partial charge on any atom is -0.463 e. The van der Waals surface area contributed by atoms with Crippen LogP contribution in [0.3, 0.4) is 0 Å². The maximum atomic E-state index is 12.4. The Morgan fingerprint density at radius 2 is 1.56 bits per heavy atom. The van der Waals surface area contributed by atoms with Gasteiger partial charge in [-0.25, -0.2) is 4.79 Å². The first-order chi connectivity index (χ1) is 15.3. The van der Waals surface area contributed by atoms with Crippen LogP contribution < -0.4 is 11.4 Å². The van der Waals surface area contributed by atoms with Crippen LogP contribution in [0.25, 0.3) is 0 Å². The molecule has 0 saturated carbocycles. The van der Waals surface area contributed by atoms with E-state index < -0.39 is 48.1 Å². The summed E-state index contributed by atoms with van der Waals surface area (Å²) < 4.78 is 23.4. The number of nitrogens with two attached hydrogens (primary N) is 1. The van der Waals surface area contributed by atoms with Gasteiger partial charge in [0.15, 0.2) is 18.4 Å². The standard InChI is InChI=1S/C21H31N3O8/c1-4-7-15(25)29-12-13-18(31-16(26)8-5-2)19(32-17(27)9-6-3)20(30-13)24-11-10-14(22)23-21(24)28/h10-11,13,18-20H,4-9,12H2,1-3H3,(H2,22,23,28)/t13-,18-,19+,20-/m1/s1. The van der Waals surface area contributed by atoms with Crippen molar-refractivity contribution in [2.75, 3.05) is 12.3 Å². The lowest BCUT2D eigenvalue weighted by molar-refractivity contribution is -0.169. The van der Waals surface area contributed by atoms with Gasteiger partial charge in [-0.3, -0.25) is 19.0 Å². The second-order valence-corrected chi connectivity index (χ2v) is 7.45. The SMILES string of the molecule is CCCC(=O)OC[C@H]1O[C@@H](n2ccc(N)nc2=O)[C@@H](OC(=O)CCC)[C@@H]1OC(=O)CCC. The Kier molecular flexibility index (Phi) is 9.63. The molecule has 178 valence electrons. The zero-order valence-corrected chi connectivity index (χ0v) is 18.7. The molecule has 1 aliphatic rings. The van der Waals surface area contributed by atoms with Gasteiger partial charge < -0.3 is 24.7 Å². The van der Waals surface area contributed by atoms with Crippen molar-refractivity contribution in [2.45, 2.75) is 83.8 Å². The number of carbonyl (C=O) groups is 3. The molecule has 0 bridgehead atoms. The van der Waals surface area contributed by atoms with Crippen LogP contribution >= 0.6 is 0 Å². The predicted octanol–water partition coefficient (Wildman–Crippen LogP) is 1.49. The van der Waals surface area contributed by atoms with E-state index in [0.717, 1.165) is 4.57 Å². The molecule has 32 heavy (non-hydrogen) atoms. The molecule has 1 aromatic heterocycles. The fourth-order valence-electron chi connectivity index (χ4n) is 3.23. The number of hydrogen-bond acceptors (Lipinski definition) is 10. The summed E-state index contributed by atoms with van der Waals surface area (Å²) in [5.41, 5.74) is 4.84. The highest BCUT2D eigenvalue weighted by Crippen LogP contribution is 2.34. The van der Waals surface area contributed by atoms with Crippen molar-refractivity contribution in [1.29, 1.82) is 0 Å². The van der Waals surface area contributed by atoms with Crippen LogP contribution in [0.1, 0.15) is 65.5 Å². The molecule has 2 rings (SSSR count). The van der Waals surface area contributed by atoms with Crippen molar-refractivity contribution in [3.8, 4) is 0 Å². The lowest BCUT2D eigenvalue weighted by atomic mass is 10.1. The van der Waals surface area contributed by atoms with Crippen LogP contribution in [0, 0.1) is 0 Å². The topological polar surface area (TPSA) is 149 Å². The Labute approximate surface area is 186 Å². The van der Waals surface area contributed by atoms with Gasteiger partial charge in [0, 0.05) is 25.5 Å². The third kappa shape index (κ3) is 6.78. The van der Waals surface area contributed by atoms with Crippen LogP contribution in [0.15, 0.2) is 17.1 Å². The molecule has 1 saturated heterocycles. The monoisotopic (exact) mass is 453 g/mol. The van der Waals surface area contributed by atoms with Gasteiger partial charge in [-0.15, -0.1) is 0 Å². The largest absolute Gasteiger partial charge is 0.463 e. The van der Waals surface area contributed by atoms with E-state index in [1.807, 2.05) is 20.8 Å². The molecule has 0 unspecified atom stereocenters. The van der Waals surface area contributed by atoms with Gasteiger partial charge in [-0.1, -0.05) is 20.8 Å². The molecule has 2 N–H and O–H groups in total. The Morgan fingerprint density at radius 1 is 1.00 bits per heavy atom. The molecule has 1 aliphatic heterocycles. The fourth-order valence-corrected chi connectivity index (χ4v) is 3.23. The first-order valence-corrected chi connectivity index (χ1v) is 10.8. The number of nitrogen functional groups attached to an aromatic ring is 1. The first-order valence-electron chi connectivity index (χ1n) is 10.8. The van der Waals surface area contributed by atoms with Crippen molar-refractivity contribution < 1.29 is 33.3 Å². The second-order valence-electron chi connectivity index (χ2n) is 7.45. The summed E-state index contributed by atoms with van der Waals surface area (Å²) in [6.45, 7) is 5.23. The Balaban J connectivity index is 2.38. The third-order valence-corrected chi connectivity index (χ3v) is 4.72. The zero-order valence-electron chi connectivity index (χ0n) is 18.7. The molecule has 1 fully saturated rings. The molecule has 0 aromatic carbocycles. The summed E-state index contributed by atoms with van der Waals surface area (Å²) in [5.74, 6) is -1.49. The summed E-state index contributed by atoms with van der Waals surface area (Å²) in [4.78, 5) is 52.6. The van der Waals surface area contributed by atoms with E-state index in [1.54, 1.807) is 0 Å². The Bertz CT molecular complexity index is 856. The van der Waals surface area contributed by atoms with Gasteiger partial charge in [0.05, 0.1) is 0 Å². The fraction of sp³-hybridized carbons (Fsp3) is 0.667. The molecule has 1 aromatic rings. The van der Waals surface area contributed by atoms with Crippen LogP contribution in [-0.2, 0) is 33.3 Å². The Morgan fingerprint density at radius 3 is 2.12 bits per heavy atom. The van der Waals surface area contributed by atoms with Gasteiger partial charge >= 0.3 is 23.6 Å². The van der Waals surface area contributed by atoms with Crippen molar-refractivity contribution >= 4 is 23.7 Å². The van der Waals surface area contributed by atoms with Crippen molar-refractivity contribution in [2.24, 2.45) is 0 Å². The highest BCUT2D eigenvalue weighted by Gasteiger charge is 2.51. The average Bonchev–Trinajstić information content (AvgIpc) is 3.04. The number of carbonyl (C=O) groups excluding carboxylic acids is 3. The van der Waals surface area contributed by atoms with Gasteiger partial charge in [0.25, 0.3) is 0 Å². The van der Waals surface area contributed by atoms with Gasteiger partial charge in [0.1, 0.15) is 18.5 Å². The van der Waals surface area contributed by atoms with Crippen LogP contribution in [0.2, 0.25) is 0 Å². The number of esters is 3. The number of anilines is 1. The Hall–Kier alpha value is -2.95. The number of rotatable bonds is 11. The van der Waals surface area contributed by atoms with Crippen molar-refractivity contribution in [3.63, 3.8) is 0 Å². The van der Waals surface area contributed by atoms with E-state index >= 15 is 0 Å². The number of nitrogens with zero attached hydrogens (tertiary/aromatic N) is 2. The molecule has 0 amide bonds. The van der Waals surface area contributed by atoms with Gasteiger partial charge in [-0.2, -0.15) is 4.98 Å². The molecule has 11 nitrogen and oxygen atoms in total. The maximum Gasteiger partial charge on any atom is 0.351 e. The first kappa shape index (κ1) is 25.3. The van der Waals surface area contributed by atoms with E-state index in [-0.39, 0.29) is 31.7 Å². The number of aromatic nitrogens is 2. The molecular weight excluding hydrogens is 422 g/mol. The summed E-state index contributed by atoms with van der Waals surface area (Å²) in [5, 5.41) is 0. The predicted molar refractivity (Wildman–Crippen MR) is 112 cm³/mol. The molecular formula is C21H31N3O8. The van der Waals surface area contributed by atoms with E-state index in [1.165, 1.54) is 12.3 Å². The van der Waals surface area contributed by atoms with E-state index in [9.17, 15) is 19.2 Å². The third-order valence-electron chi connectivity index (χ3n) is 4.72. The van der Waals surface area contributed by atoms with Crippen molar-refractivity contribution in [1.82, 2.24) is 9.55 Å². The van der Waals surface area contributed by atoms with Crippen LogP contribution in [-0.4, -0.2) is 52.4 Å². The summed E-state index contributed by atoms with van der Waals surface area (Å²) in [6.07, 6.45) is -0.799. The lowest BCUT2D eigenvalue weighted by Gasteiger charge is -2.24. The molecule has 0 spiro atoms. The minimum absolute atomic E-state index is 0.0137. The highest BCUT2D eigenvalue weighted by atomic mass is 16.7. The molecule has 0 aliphatic carbocycles. The molecule has 0 radical (unpaired) electrons. The summed E-state index contributed by atoms with van der Waals surface area (Å²) in [6, 6.07) is 1.39. The normalized spacial score (nSPS) is 22.3. The quantitative estimate of drug-likeness (QED) is 0.386. The number of ether oxygens (including phenoxy) is 4. The second kappa shape index (κ2) is 12.2. The molecule has 4 atom stereocenters. The highest BCUT2D eigenvalue weighted by molar-refractivity contribution is 5.71. The van der Waals surface area contributed by atoms with Gasteiger partial charge in [0.2, 0.25) is 0 Å². The molecule has 11 heteroatoms. The minimum atomic E-state index is -1.15. The van der Waals surface area contributed by atoms with Crippen LogP contribution in [0.5, 0.6) is 0 Å².